The molecule has 2 rings (SSSR count). The van der Waals surface area contributed by atoms with Crippen LogP contribution in [-0.4, -0.2) is 43.0 Å². The highest BCUT2D eigenvalue weighted by atomic mass is 16.6. The molecule has 0 spiro atoms. The number of hydrogen-bond donors (Lipinski definition) is 3. The lowest BCUT2D eigenvalue weighted by Gasteiger charge is -2.30. The molecular weight excluding hydrogens is 270 g/mol. The molecular formula is C15H23N3O3. The highest BCUT2D eigenvalue weighted by Gasteiger charge is 2.18. The molecule has 0 bridgehead atoms. The van der Waals surface area contributed by atoms with Crippen LogP contribution < -0.4 is 15.5 Å². The molecule has 0 atom stereocenters. The van der Waals surface area contributed by atoms with Crippen molar-refractivity contribution in [3.8, 4) is 5.75 Å². The molecule has 6 heteroatoms. The molecule has 0 unspecified atom stereocenters. The van der Waals surface area contributed by atoms with E-state index < -0.39 is 11.7 Å². The van der Waals surface area contributed by atoms with Gasteiger partial charge in [-0.1, -0.05) is 0 Å². The predicted octanol–water partition coefficient (Wildman–Crippen LogP) is 2.15. The van der Waals surface area contributed by atoms with Crippen molar-refractivity contribution in [2.45, 2.75) is 26.4 Å². The molecule has 1 fully saturated rings. The average Bonchev–Trinajstić information content (AvgIpc) is 2.37. The number of nitrogens with one attached hydrogen (secondary N) is 2. The van der Waals surface area contributed by atoms with E-state index in [9.17, 15) is 9.90 Å². The van der Waals surface area contributed by atoms with Gasteiger partial charge in [0.15, 0.2) is 0 Å². The molecule has 116 valence electrons. The van der Waals surface area contributed by atoms with Crippen LogP contribution in [0.5, 0.6) is 5.75 Å². The highest BCUT2D eigenvalue weighted by molar-refractivity contribution is 5.86. The number of ether oxygens (including phenoxy) is 1. The van der Waals surface area contributed by atoms with E-state index in [4.69, 9.17) is 4.74 Å². The third-order valence-corrected chi connectivity index (χ3v) is 3.08. The Morgan fingerprint density at radius 1 is 1.33 bits per heavy atom. The van der Waals surface area contributed by atoms with Crippen LogP contribution in [0.2, 0.25) is 0 Å². The highest BCUT2D eigenvalue weighted by Crippen LogP contribution is 2.30. The maximum Gasteiger partial charge on any atom is 0.412 e. The van der Waals surface area contributed by atoms with Crippen molar-refractivity contribution >= 4 is 17.5 Å². The van der Waals surface area contributed by atoms with Gasteiger partial charge in [-0.3, -0.25) is 5.32 Å². The smallest absolute Gasteiger partial charge is 0.412 e. The van der Waals surface area contributed by atoms with Gasteiger partial charge in [-0.05, 0) is 32.9 Å². The molecule has 1 amide bonds. The molecule has 1 heterocycles. The monoisotopic (exact) mass is 293 g/mol. The fourth-order valence-electron chi connectivity index (χ4n) is 2.20. The SMILES string of the molecule is CC(C)(C)OC(=O)Nc1ccc(N2CCNCC2)c(O)c1. The third kappa shape index (κ3) is 4.53. The first kappa shape index (κ1) is 15.4. The van der Waals surface area contributed by atoms with E-state index in [1.165, 1.54) is 0 Å². The number of hydrogen-bond acceptors (Lipinski definition) is 5. The Morgan fingerprint density at radius 3 is 2.57 bits per heavy atom. The quantitative estimate of drug-likeness (QED) is 0.779. The summed E-state index contributed by atoms with van der Waals surface area (Å²) in [6.45, 7) is 8.92. The number of carbonyl (C=O) groups is 1. The van der Waals surface area contributed by atoms with Crippen molar-refractivity contribution in [2.75, 3.05) is 36.4 Å². The number of rotatable bonds is 2. The number of amides is 1. The number of phenols is 1. The van der Waals surface area contributed by atoms with Crippen molar-refractivity contribution in [1.82, 2.24) is 5.32 Å². The van der Waals surface area contributed by atoms with Crippen LogP contribution in [0.25, 0.3) is 0 Å². The summed E-state index contributed by atoms with van der Waals surface area (Å²) in [5.41, 5.74) is 0.749. The molecule has 0 aromatic heterocycles. The zero-order valence-corrected chi connectivity index (χ0v) is 12.8. The first-order valence-corrected chi connectivity index (χ1v) is 7.14. The standard InChI is InChI=1S/C15H23N3O3/c1-15(2,3)21-14(20)17-11-4-5-12(13(19)10-11)18-8-6-16-7-9-18/h4-5,10,16,19H,6-9H2,1-3H3,(H,17,20). The number of phenolic OH excluding ortho intramolecular Hbond substituents is 1. The number of carbonyl (C=O) groups excluding carboxylic acids is 1. The summed E-state index contributed by atoms with van der Waals surface area (Å²) < 4.78 is 5.18. The summed E-state index contributed by atoms with van der Waals surface area (Å²) >= 11 is 0. The maximum atomic E-state index is 11.7. The number of nitrogens with zero attached hydrogens (tertiary/aromatic N) is 1. The van der Waals surface area contributed by atoms with E-state index in [1.807, 2.05) is 6.07 Å². The summed E-state index contributed by atoms with van der Waals surface area (Å²) in [5, 5.41) is 16.0. The number of anilines is 2. The average molecular weight is 293 g/mol. The number of benzene rings is 1. The van der Waals surface area contributed by atoms with E-state index in [0.717, 1.165) is 31.9 Å². The molecule has 21 heavy (non-hydrogen) atoms. The second kappa shape index (κ2) is 6.22. The Bertz CT molecular complexity index is 505. The fraction of sp³-hybridized carbons (Fsp3) is 0.533. The van der Waals surface area contributed by atoms with E-state index in [2.05, 4.69) is 15.5 Å². The second-order valence-electron chi connectivity index (χ2n) is 6.07. The Kier molecular flexibility index (Phi) is 4.57. The topological polar surface area (TPSA) is 73.8 Å². The normalized spacial score (nSPS) is 15.7. The summed E-state index contributed by atoms with van der Waals surface area (Å²) in [5.74, 6) is 0.158. The van der Waals surface area contributed by atoms with Gasteiger partial charge in [0.1, 0.15) is 11.4 Å². The molecule has 1 aliphatic rings. The summed E-state index contributed by atoms with van der Waals surface area (Å²) in [6, 6.07) is 5.12. The lowest BCUT2D eigenvalue weighted by atomic mass is 10.2. The van der Waals surface area contributed by atoms with Crippen molar-refractivity contribution in [3.63, 3.8) is 0 Å². The first-order valence-electron chi connectivity index (χ1n) is 7.14. The molecule has 1 aliphatic heterocycles. The van der Waals surface area contributed by atoms with Crippen molar-refractivity contribution in [3.05, 3.63) is 18.2 Å². The molecule has 0 radical (unpaired) electrons. The summed E-state index contributed by atoms with van der Waals surface area (Å²) in [7, 11) is 0. The molecule has 1 aromatic carbocycles. The maximum absolute atomic E-state index is 11.7. The van der Waals surface area contributed by atoms with E-state index >= 15 is 0 Å². The molecule has 3 N–H and O–H groups in total. The molecule has 6 nitrogen and oxygen atoms in total. The largest absolute Gasteiger partial charge is 0.506 e. The van der Waals surface area contributed by atoms with Gasteiger partial charge in [-0.15, -0.1) is 0 Å². The second-order valence-corrected chi connectivity index (χ2v) is 6.07. The van der Waals surface area contributed by atoms with Crippen LogP contribution in [0.15, 0.2) is 18.2 Å². The van der Waals surface area contributed by atoms with Crippen LogP contribution in [0.4, 0.5) is 16.2 Å². The van der Waals surface area contributed by atoms with Crippen LogP contribution in [0, 0.1) is 0 Å². The number of piperazine rings is 1. The van der Waals surface area contributed by atoms with Gasteiger partial charge in [0.05, 0.1) is 5.69 Å². The van der Waals surface area contributed by atoms with Crippen LogP contribution >= 0.6 is 0 Å². The molecule has 0 saturated carbocycles. The minimum Gasteiger partial charge on any atom is -0.506 e. The van der Waals surface area contributed by atoms with Gasteiger partial charge < -0.3 is 20.1 Å². The van der Waals surface area contributed by atoms with Gasteiger partial charge in [-0.2, -0.15) is 0 Å². The van der Waals surface area contributed by atoms with Gasteiger partial charge in [0.2, 0.25) is 0 Å². The van der Waals surface area contributed by atoms with Crippen LogP contribution in [0.3, 0.4) is 0 Å². The van der Waals surface area contributed by atoms with Crippen molar-refractivity contribution in [1.29, 1.82) is 0 Å². The van der Waals surface area contributed by atoms with Gasteiger partial charge >= 0.3 is 6.09 Å². The first-order chi connectivity index (χ1) is 9.85. The Morgan fingerprint density at radius 2 is 2.00 bits per heavy atom. The van der Waals surface area contributed by atoms with Gasteiger partial charge in [0, 0.05) is 37.9 Å². The minimum absolute atomic E-state index is 0.158. The van der Waals surface area contributed by atoms with E-state index in [-0.39, 0.29) is 5.75 Å². The Hall–Kier alpha value is -1.95. The number of aromatic hydroxyl groups is 1. The van der Waals surface area contributed by atoms with Crippen molar-refractivity contribution < 1.29 is 14.6 Å². The molecule has 1 aromatic rings. The van der Waals surface area contributed by atoms with Gasteiger partial charge in [0.25, 0.3) is 0 Å². The van der Waals surface area contributed by atoms with Crippen molar-refractivity contribution in [2.24, 2.45) is 0 Å². The molecule has 1 saturated heterocycles. The minimum atomic E-state index is -0.549. The zero-order chi connectivity index (χ0) is 15.5. The van der Waals surface area contributed by atoms with E-state index in [0.29, 0.717) is 5.69 Å². The van der Waals surface area contributed by atoms with E-state index in [1.54, 1.807) is 32.9 Å². The zero-order valence-electron chi connectivity index (χ0n) is 12.8. The molecule has 0 aliphatic carbocycles. The predicted molar refractivity (Wildman–Crippen MR) is 83.0 cm³/mol. The lowest BCUT2D eigenvalue weighted by Crippen LogP contribution is -2.43. The van der Waals surface area contributed by atoms with Gasteiger partial charge in [-0.25, -0.2) is 4.79 Å². The van der Waals surface area contributed by atoms with Crippen LogP contribution in [0.1, 0.15) is 20.8 Å². The third-order valence-electron chi connectivity index (χ3n) is 3.08. The Labute approximate surface area is 125 Å². The fourth-order valence-corrected chi connectivity index (χ4v) is 2.20. The lowest BCUT2D eigenvalue weighted by molar-refractivity contribution is 0.0636. The Balaban J connectivity index is 2.03. The summed E-state index contributed by atoms with van der Waals surface area (Å²) in [6.07, 6.45) is -0.531. The van der Waals surface area contributed by atoms with Crippen LogP contribution in [-0.2, 0) is 4.74 Å². The summed E-state index contributed by atoms with van der Waals surface area (Å²) in [4.78, 5) is 13.8.